The van der Waals surface area contributed by atoms with Crippen LogP contribution in [0.15, 0.2) is 48.5 Å². The summed E-state index contributed by atoms with van der Waals surface area (Å²) in [6.45, 7) is -0.986. The van der Waals surface area contributed by atoms with Crippen molar-refractivity contribution in [2.75, 3.05) is 18.1 Å². The Hall–Kier alpha value is -2.56. The van der Waals surface area contributed by atoms with Crippen LogP contribution in [0.1, 0.15) is 43.2 Å². The zero-order valence-electron chi connectivity index (χ0n) is 19.3. The summed E-state index contributed by atoms with van der Waals surface area (Å²) in [4.78, 5) is 1.07. The second kappa shape index (κ2) is 11.2. The molecule has 0 amide bonds. The van der Waals surface area contributed by atoms with Crippen molar-refractivity contribution in [1.29, 1.82) is 0 Å². The molecule has 1 atom stereocenters. The number of nitrogens with zero attached hydrogens (tertiary/aromatic N) is 1. The van der Waals surface area contributed by atoms with Crippen molar-refractivity contribution in [2.45, 2.75) is 63.0 Å². The molecule has 2 aromatic rings. The van der Waals surface area contributed by atoms with Gasteiger partial charge in [0.25, 0.3) is 0 Å². The molecule has 3 nitrogen and oxygen atoms in total. The maximum atomic E-state index is 13.8. The highest BCUT2D eigenvalue weighted by molar-refractivity contribution is 5.51. The molecule has 1 unspecified atom stereocenters. The standard InChI is InChI=1S/C25H27F8NO2/c26-23(27,25(31,32)33)19-9-4-8-18(12-19)14-34(15-22(35)24(28,29)30)20-10-5-11-21(13-20)36-16-17-6-2-1-3-7-17/h4-5,8-13,17,22,35H,1-3,6-7,14-16H2. The van der Waals surface area contributed by atoms with E-state index in [4.69, 9.17) is 4.74 Å². The lowest BCUT2D eigenvalue weighted by atomic mass is 9.90. The van der Waals surface area contributed by atoms with Gasteiger partial charge in [-0.1, -0.05) is 43.5 Å². The van der Waals surface area contributed by atoms with Gasteiger partial charge in [0.2, 0.25) is 0 Å². The number of halogens is 8. The molecule has 1 fully saturated rings. The first kappa shape index (κ1) is 28.0. The normalized spacial score (nSPS) is 16.6. The second-order valence-corrected chi connectivity index (χ2v) is 9.02. The van der Waals surface area contributed by atoms with E-state index >= 15 is 0 Å². The molecule has 2 aromatic carbocycles. The number of aliphatic hydroxyl groups is 1. The fourth-order valence-corrected chi connectivity index (χ4v) is 4.16. The molecular formula is C25H27F8NO2. The van der Waals surface area contributed by atoms with Gasteiger partial charge in [-0.15, -0.1) is 0 Å². The van der Waals surface area contributed by atoms with E-state index in [0.717, 1.165) is 36.6 Å². The molecule has 0 aromatic heterocycles. The highest BCUT2D eigenvalue weighted by Crippen LogP contribution is 2.44. The molecule has 1 N–H and O–H groups in total. The Morgan fingerprint density at radius 3 is 2.19 bits per heavy atom. The maximum absolute atomic E-state index is 13.8. The summed E-state index contributed by atoms with van der Waals surface area (Å²) in [5, 5.41) is 9.66. The third-order valence-electron chi connectivity index (χ3n) is 6.18. The number of hydrogen-bond acceptors (Lipinski definition) is 3. The average Bonchev–Trinajstić information content (AvgIpc) is 2.82. The minimum atomic E-state index is -5.83. The number of benzene rings is 2. The largest absolute Gasteiger partial charge is 0.493 e. The Morgan fingerprint density at radius 1 is 0.889 bits per heavy atom. The number of ether oxygens (including phenoxy) is 1. The zero-order valence-corrected chi connectivity index (χ0v) is 19.3. The van der Waals surface area contributed by atoms with E-state index in [-0.39, 0.29) is 11.3 Å². The van der Waals surface area contributed by atoms with Crippen molar-refractivity contribution < 1.29 is 45.0 Å². The Balaban J connectivity index is 1.84. The SMILES string of the molecule is OC(CN(Cc1cccc(C(F)(F)C(F)(F)F)c1)c1cccc(OCC2CCCCC2)c1)C(F)(F)F. The maximum Gasteiger partial charge on any atom is 0.458 e. The summed E-state index contributed by atoms with van der Waals surface area (Å²) in [7, 11) is 0. The number of rotatable bonds is 9. The van der Waals surface area contributed by atoms with Crippen LogP contribution in [0.3, 0.4) is 0 Å². The minimum Gasteiger partial charge on any atom is -0.493 e. The fraction of sp³-hybridized carbons (Fsp3) is 0.520. The quantitative estimate of drug-likeness (QED) is 0.351. The summed E-state index contributed by atoms with van der Waals surface area (Å²) in [5.74, 6) is -4.39. The van der Waals surface area contributed by atoms with Gasteiger partial charge in [0.05, 0.1) is 13.2 Å². The van der Waals surface area contributed by atoms with E-state index in [1.165, 1.54) is 30.7 Å². The molecule has 11 heteroatoms. The van der Waals surface area contributed by atoms with E-state index in [9.17, 15) is 40.2 Å². The molecule has 0 bridgehead atoms. The molecule has 1 saturated carbocycles. The van der Waals surface area contributed by atoms with Crippen LogP contribution in [0, 0.1) is 5.92 Å². The average molecular weight is 525 g/mol. The molecule has 0 radical (unpaired) electrons. The van der Waals surface area contributed by atoms with Crippen LogP contribution in [0.5, 0.6) is 5.75 Å². The van der Waals surface area contributed by atoms with Crippen molar-refractivity contribution in [3.63, 3.8) is 0 Å². The van der Waals surface area contributed by atoms with Crippen molar-refractivity contribution in [3.8, 4) is 5.75 Å². The molecule has 200 valence electrons. The van der Waals surface area contributed by atoms with Crippen LogP contribution < -0.4 is 9.64 Å². The van der Waals surface area contributed by atoms with Crippen LogP contribution in [0.4, 0.5) is 40.8 Å². The van der Waals surface area contributed by atoms with Gasteiger partial charge in [0, 0.05) is 23.9 Å². The molecular weight excluding hydrogens is 498 g/mol. The smallest absolute Gasteiger partial charge is 0.458 e. The van der Waals surface area contributed by atoms with E-state index in [1.807, 2.05) is 0 Å². The van der Waals surface area contributed by atoms with E-state index in [1.54, 1.807) is 6.07 Å². The van der Waals surface area contributed by atoms with E-state index in [2.05, 4.69) is 0 Å². The highest BCUT2D eigenvalue weighted by Gasteiger charge is 2.58. The summed E-state index contributed by atoms with van der Waals surface area (Å²) in [5.41, 5.74) is -1.22. The molecule has 1 aliphatic rings. The first-order valence-corrected chi connectivity index (χ1v) is 11.5. The van der Waals surface area contributed by atoms with Gasteiger partial charge < -0.3 is 14.7 Å². The molecule has 1 aliphatic carbocycles. The summed E-state index contributed by atoms with van der Waals surface area (Å²) in [6.07, 6.45) is -8.17. The Bertz CT molecular complexity index is 987. The number of aliphatic hydroxyl groups excluding tert-OH is 1. The molecule has 36 heavy (non-hydrogen) atoms. The second-order valence-electron chi connectivity index (χ2n) is 9.02. The van der Waals surface area contributed by atoms with Gasteiger partial charge in [-0.3, -0.25) is 0 Å². The van der Waals surface area contributed by atoms with Crippen molar-refractivity contribution in [3.05, 3.63) is 59.7 Å². The van der Waals surface area contributed by atoms with Crippen LogP contribution >= 0.6 is 0 Å². The molecule has 0 saturated heterocycles. The number of alkyl halides is 8. The van der Waals surface area contributed by atoms with Gasteiger partial charge in [0.15, 0.2) is 6.10 Å². The van der Waals surface area contributed by atoms with Crippen molar-refractivity contribution in [2.24, 2.45) is 5.92 Å². The van der Waals surface area contributed by atoms with E-state index < -0.39 is 43.0 Å². The molecule has 0 aliphatic heterocycles. The van der Waals surface area contributed by atoms with Gasteiger partial charge >= 0.3 is 18.3 Å². The van der Waals surface area contributed by atoms with Gasteiger partial charge in [-0.05, 0) is 42.5 Å². The van der Waals surface area contributed by atoms with Crippen molar-refractivity contribution >= 4 is 5.69 Å². The zero-order chi connectivity index (χ0) is 26.6. The molecule has 0 heterocycles. The minimum absolute atomic E-state index is 0.0840. The predicted octanol–water partition coefficient (Wildman–Crippen LogP) is 7.23. The van der Waals surface area contributed by atoms with Gasteiger partial charge in [0.1, 0.15) is 5.75 Å². The predicted molar refractivity (Wildman–Crippen MR) is 118 cm³/mol. The lowest BCUT2D eigenvalue weighted by Gasteiger charge is -2.29. The van der Waals surface area contributed by atoms with Crippen LogP contribution in [0.2, 0.25) is 0 Å². The number of hydrogen-bond donors (Lipinski definition) is 1. The third-order valence-corrected chi connectivity index (χ3v) is 6.18. The fourth-order valence-electron chi connectivity index (χ4n) is 4.16. The summed E-state index contributed by atoms with van der Waals surface area (Å²) >= 11 is 0. The van der Waals surface area contributed by atoms with E-state index in [0.29, 0.717) is 30.4 Å². The first-order chi connectivity index (χ1) is 16.8. The Kier molecular flexibility index (Phi) is 8.74. The molecule has 0 spiro atoms. The van der Waals surface area contributed by atoms with Crippen LogP contribution in [-0.2, 0) is 12.5 Å². The lowest BCUT2D eigenvalue weighted by Crippen LogP contribution is -2.41. The van der Waals surface area contributed by atoms with Crippen molar-refractivity contribution in [1.82, 2.24) is 0 Å². The lowest BCUT2D eigenvalue weighted by molar-refractivity contribution is -0.289. The van der Waals surface area contributed by atoms with Gasteiger partial charge in [-0.25, -0.2) is 0 Å². The van der Waals surface area contributed by atoms with Gasteiger partial charge in [-0.2, -0.15) is 35.1 Å². The third kappa shape index (κ3) is 7.24. The summed E-state index contributed by atoms with van der Waals surface area (Å²) < 4.78 is 111. The first-order valence-electron chi connectivity index (χ1n) is 11.5. The van der Waals surface area contributed by atoms with Crippen LogP contribution in [-0.4, -0.2) is 36.7 Å². The van der Waals surface area contributed by atoms with Crippen LogP contribution in [0.25, 0.3) is 0 Å². The molecule has 3 rings (SSSR count). The summed E-state index contributed by atoms with van der Waals surface area (Å²) in [6, 6.07) is 9.47. The number of anilines is 1. The monoisotopic (exact) mass is 525 g/mol. The highest BCUT2D eigenvalue weighted by atomic mass is 19.4. The Labute approximate surface area is 203 Å². The Morgan fingerprint density at radius 2 is 1.56 bits per heavy atom. The topological polar surface area (TPSA) is 32.7 Å².